The Morgan fingerprint density at radius 1 is 0.531 bits per heavy atom. The van der Waals surface area contributed by atoms with Crippen molar-refractivity contribution in [2.24, 2.45) is 11.1 Å². The zero-order valence-electron chi connectivity index (χ0n) is 83.6. The van der Waals surface area contributed by atoms with Crippen molar-refractivity contribution in [2.75, 3.05) is 32.8 Å². The Morgan fingerprint density at radius 2 is 1.10 bits per heavy atom. The number of carboxylic acids is 3. The molecule has 3 spiro atoms. The fraction of sp³-hybridized carbons (Fsp3) is 0.520. The van der Waals surface area contributed by atoms with Crippen LogP contribution in [0.1, 0.15) is 216 Å². The number of aliphatic carboxylic acids is 2. The molecule has 20 N–H and O–H groups in total. The fourth-order valence-corrected chi connectivity index (χ4v) is 20.0. The number of nitrogens with zero attached hydrogens (tertiary/aromatic N) is 2. The molecule has 0 radical (unpaired) electrons. The van der Waals surface area contributed by atoms with Crippen LogP contribution in [0.3, 0.4) is 0 Å². The van der Waals surface area contributed by atoms with Gasteiger partial charge in [-0.2, -0.15) is 11.3 Å². The zero-order valence-corrected chi connectivity index (χ0v) is 85.2. The van der Waals surface area contributed by atoms with Crippen molar-refractivity contribution in [1.29, 1.82) is 0 Å². The summed E-state index contributed by atoms with van der Waals surface area (Å²) in [5, 5.41) is 77.1. The number of primary amides is 1. The quantitative estimate of drug-likeness (QED) is 0.0595. The molecule has 5 aliphatic heterocycles. The number of amides is 18. The Balaban J connectivity index is 1.05. The van der Waals surface area contributed by atoms with E-state index in [4.69, 9.17) is 10.5 Å². The second-order valence-corrected chi connectivity index (χ2v) is 41.4. The number of fused-ring (bicyclic) bond motifs is 4. The van der Waals surface area contributed by atoms with E-state index in [1.807, 2.05) is 18.2 Å². The Morgan fingerprint density at radius 3 is 1.75 bits per heavy atom. The molecule has 43 nitrogen and oxygen atoms in total. The van der Waals surface area contributed by atoms with Crippen molar-refractivity contribution in [3.63, 3.8) is 0 Å². The molecule has 3 fully saturated rings. The number of benzene rings is 3. The van der Waals surface area contributed by atoms with Crippen LogP contribution in [0, 0.1) is 5.41 Å². The predicted octanol–water partition coefficient (Wildman–Crippen LogP) is 2.73. The van der Waals surface area contributed by atoms with E-state index in [2.05, 4.69) is 79.8 Å². The van der Waals surface area contributed by atoms with Gasteiger partial charge in [0.1, 0.15) is 88.6 Å². The van der Waals surface area contributed by atoms with Crippen molar-refractivity contribution in [2.45, 2.75) is 298 Å². The van der Waals surface area contributed by atoms with Gasteiger partial charge in [-0.3, -0.25) is 91.1 Å². The largest absolute Gasteiger partial charge is 0.481 e. The van der Waals surface area contributed by atoms with Crippen molar-refractivity contribution < 1.29 is 121 Å². The zero-order chi connectivity index (χ0) is 107. The Kier molecular flexibility index (Phi) is 40.9. The second-order valence-electron chi connectivity index (χ2n) is 39.7. The van der Waals surface area contributed by atoms with Gasteiger partial charge in [0.15, 0.2) is 0 Å². The number of cyclic esters (lactones) is 1. The molecule has 2 aromatic heterocycles. The molecular formula is C102H134N18O25S2. The maximum atomic E-state index is 16.1. The lowest BCUT2D eigenvalue weighted by Crippen LogP contribution is -2.66. The molecule has 18 amide bonds. The van der Waals surface area contributed by atoms with Crippen molar-refractivity contribution >= 4 is 157 Å². The lowest BCUT2D eigenvalue weighted by Gasteiger charge is -2.38. The van der Waals surface area contributed by atoms with Crippen molar-refractivity contribution in [3.05, 3.63) is 153 Å². The van der Waals surface area contributed by atoms with Crippen LogP contribution in [0.5, 0.6) is 0 Å². The number of ether oxygens (including phenoxy) is 1. The summed E-state index contributed by atoms with van der Waals surface area (Å²) in [6.45, 7) is 10.2. The minimum absolute atomic E-state index is 0.00271. The molecule has 3 bridgehead atoms. The minimum Gasteiger partial charge on any atom is -0.481 e. The van der Waals surface area contributed by atoms with Crippen LogP contribution < -0.4 is 85.5 Å². The molecule has 0 aliphatic carbocycles. The molecule has 0 unspecified atom stereocenters. The number of carbonyl (C=O) groups excluding carboxylic acids is 18. The Labute approximate surface area is 858 Å². The number of likely N-dealkylation sites (tertiary alicyclic amines) is 1. The van der Waals surface area contributed by atoms with Gasteiger partial charge in [-0.25, -0.2) is 9.59 Å². The highest BCUT2D eigenvalue weighted by Gasteiger charge is 2.53. The number of rotatable bonds is 17. The first-order chi connectivity index (χ1) is 69.7. The highest BCUT2D eigenvalue weighted by molar-refractivity contribution is 7.17. The number of allylic oxidation sites excluding steroid dienone is 3. The average molecular weight is 2080 g/mol. The standard InChI is InChI=1S/C102H134N18O25S2/c1-59(81(103)127)105-83(129)69-35-36-78(122)104-43-24-20-33-68-89(135)118-101(95(142)113-71(51-64-37-47-146-56-64)85(131)111-73(86(132)108-69)52-66-57-147-77-34-19-18-32-67(66)77)42-45-119(58-101)97(144)145-46-25-14-10-9-11-21-38-100(39-22-12-13-23-40-102(41-27-44-120(102)61(3)121)96(143)115-75(54-80(125)126)88(134)112-76(91(137)117-100)55-98(4,5)6)94(141)114-74(53-79(123)124)87(133)110-72(50-63-30-26-31-65(48-63)92(138)139)90(136)116-99(7,8)93(140)106-60(2)82(128)109-70(84(130)107-68)49-62-28-16-15-17-29-62/h9-10,13,15-19,23,26,28-32,34,37,47-48,56-57,59-60,68-76H,11-12,14,20-22,24-25,27,33,35-36,38-46,49-55,58H2,1-8H3,(H2,103,127)(H,104,122)(H,105,129)(H,106,140)(H,107,130)(H,108,132)(H,109,128)(H,110,133)(H,111,131)(H,112,134)(H,113,142)(H,114,141)(H,115,143)(H,116,136)(H,117,137)(H,118,135)(H,123,124)(H,125,126)(H,138,139)/b10-9-,23-13+/t59-,60-,68-,69-,70-,71-,72-,73-,74-,75-,76-,100+,101-,102-/m0/s1. The molecule has 147 heavy (non-hydrogen) atoms. The first-order valence-corrected chi connectivity index (χ1v) is 51.1. The smallest absolute Gasteiger partial charge is 0.409 e. The summed E-state index contributed by atoms with van der Waals surface area (Å²) in [6.07, 6.45) is 0.811. The number of nitrogens with two attached hydrogens (primary N) is 1. The van der Waals surface area contributed by atoms with Crippen molar-refractivity contribution in [3.8, 4) is 0 Å². The first kappa shape index (κ1) is 114. The number of thiophene rings is 2. The predicted molar refractivity (Wildman–Crippen MR) is 538 cm³/mol. The van der Waals surface area contributed by atoms with E-state index in [1.54, 1.807) is 104 Å². The van der Waals surface area contributed by atoms with E-state index < -0.39 is 251 Å². The van der Waals surface area contributed by atoms with Gasteiger partial charge in [0, 0.05) is 63.4 Å². The molecule has 5 aliphatic rings. The van der Waals surface area contributed by atoms with Crippen LogP contribution in [0.4, 0.5) is 4.79 Å². The van der Waals surface area contributed by atoms with E-state index in [0.29, 0.717) is 28.5 Å². The van der Waals surface area contributed by atoms with Gasteiger partial charge >= 0.3 is 24.0 Å². The summed E-state index contributed by atoms with van der Waals surface area (Å²) in [6, 6.07) is 3.84. The number of hydrogen-bond acceptors (Lipinski definition) is 24. The molecule has 3 saturated heterocycles. The van der Waals surface area contributed by atoms with Gasteiger partial charge in [-0.05, 0) is 210 Å². The van der Waals surface area contributed by atoms with E-state index in [1.165, 1.54) is 86.5 Å². The van der Waals surface area contributed by atoms with Gasteiger partial charge in [-0.1, -0.05) is 106 Å². The van der Waals surface area contributed by atoms with Crippen LogP contribution in [-0.2, 0) is 122 Å². The van der Waals surface area contributed by atoms with Crippen molar-refractivity contribution in [1.82, 2.24) is 89.6 Å². The summed E-state index contributed by atoms with van der Waals surface area (Å²) in [5.41, 5.74) is -2.12. The summed E-state index contributed by atoms with van der Waals surface area (Å²) in [5.74, 6) is -21.3. The lowest BCUT2D eigenvalue weighted by atomic mass is 9.83. The molecule has 3 aromatic carbocycles. The fourth-order valence-electron chi connectivity index (χ4n) is 18.3. The van der Waals surface area contributed by atoms with Gasteiger partial charge in [0.25, 0.3) is 0 Å². The monoisotopic (exact) mass is 2070 g/mol. The Bertz CT molecular complexity index is 5750. The van der Waals surface area contributed by atoms with Crippen LogP contribution in [0.25, 0.3) is 10.1 Å². The highest BCUT2D eigenvalue weighted by Crippen LogP contribution is 2.36. The van der Waals surface area contributed by atoms with E-state index in [9.17, 15) is 72.9 Å². The third-order valence-electron chi connectivity index (χ3n) is 26.5. The van der Waals surface area contributed by atoms with E-state index in [0.717, 1.165) is 9.60 Å². The third-order valence-corrected chi connectivity index (χ3v) is 28.2. The molecule has 5 aromatic rings. The van der Waals surface area contributed by atoms with Gasteiger partial charge in [-0.15, -0.1) is 11.3 Å². The second kappa shape index (κ2) is 52.5. The van der Waals surface area contributed by atoms with Gasteiger partial charge in [0.2, 0.25) is 100 Å². The van der Waals surface area contributed by atoms with E-state index in [-0.39, 0.29) is 159 Å². The van der Waals surface area contributed by atoms with Crippen LogP contribution in [-0.4, -0.2) is 271 Å². The molecule has 0 saturated carbocycles. The molecule has 10 rings (SSSR count). The molecule has 14 atom stereocenters. The van der Waals surface area contributed by atoms with Crippen LogP contribution >= 0.6 is 22.7 Å². The SMILES string of the molecule is CC(=O)N1CCC[C@]12C/C=C/CCC[C@@]1(CCC/C=C\CCCOC(=O)N3CC[C@@]4(C3)NC(=O)[C@H](CCCCNC(=O)CC[C@@H](C(=O)N[C@@H](C)C(N)=O)NC(=O)[C@H](Cc3csc5ccccc35)NC(=O)[C@H](Cc3ccsc3)NC4=O)NC(=O)[C@H](Cc3ccccc3)NC(=O)[C@H](C)NC(=O)C(C)(C)NC(=O)[C@H](Cc3cccc(C(=O)O)c3)NC(=O)[C@H](CC(=O)O)NC1=O)NC(=O)[C@H](CC(C)(C)C)NC(=O)[C@H](CC(=O)O)NC2=O. The molecule has 45 heteroatoms. The first-order valence-electron chi connectivity index (χ1n) is 49.3. The van der Waals surface area contributed by atoms with Crippen LogP contribution in [0.15, 0.2) is 125 Å². The van der Waals surface area contributed by atoms with Crippen LogP contribution in [0.2, 0.25) is 0 Å². The Hall–Kier alpha value is -14.5. The number of nitrogens with one attached hydrogen (secondary N) is 15. The number of carboxylic acid groups (broad SMARTS) is 3. The molecule has 794 valence electrons. The van der Waals surface area contributed by atoms with Gasteiger partial charge < -0.3 is 115 Å². The summed E-state index contributed by atoms with van der Waals surface area (Å²) < 4.78 is 6.71. The molecule has 7 heterocycles. The third kappa shape index (κ3) is 32.7. The maximum absolute atomic E-state index is 16.1. The lowest BCUT2D eigenvalue weighted by molar-refractivity contribution is -0.146. The summed E-state index contributed by atoms with van der Waals surface area (Å²) >= 11 is 2.61. The average Bonchev–Trinajstić information content (AvgIpc) is 1.63. The topological polar surface area (TPSA) is 641 Å². The number of aromatic carboxylic acids is 1. The normalized spacial score (nSPS) is 26.6. The summed E-state index contributed by atoms with van der Waals surface area (Å²) in [7, 11) is 0. The molecular weight excluding hydrogens is 1940 g/mol. The maximum Gasteiger partial charge on any atom is 0.409 e. The van der Waals surface area contributed by atoms with Gasteiger partial charge in [0.05, 0.1) is 31.6 Å². The number of carbonyl (C=O) groups is 21. The minimum atomic E-state index is -2.23. The highest BCUT2D eigenvalue weighted by atomic mass is 32.1. The number of hydrogen-bond donors (Lipinski definition) is 19. The van der Waals surface area contributed by atoms with E-state index >= 15 is 43.2 Å². The summed E-state index contributed by atoms with van der Waals surface area (Å²) in [4.78, 5) is 309.